The first-order chi connectivity index (χ1) is 9.15. The average Bonchev–Trinajstić information content (AvgIpc) is 2.41. The van der Waals surface area contributed by atoms with Crippen molar-refractivity contribution in [1.29, 1.82) is 0 Å². The van der Waals surface area contributed by atoms with Crippen molar-refractivity contribution in [2.75, 3.05) is 26.3 Å². The summed E-state index contributed by atoms with van der Waals surface area (Å²) >= 11 is 12.3. The molecule has 0 atom stereocenters. The number of nitrogens with one attached hydrogen (secondary N) is 1. The van der Waals surface area contributed by atoms with E-state index in [4.69, 9.17) is 27.9 Å². The number of hydrogen-bond donors (Lipinski definition) is 1. The molecule has 19 heavy (non-hydrogen) atoms. The van der Waals surface area contributed by atoms with Gasteiger partial charge in [0.15, 0.2) is 0 Å². The van der Waals surface area contributed by atoms with Gasteiger partial charge in [0.05, 0.1) is 0 Å². The van der Waals surface area contributed by atoms with Crippen molar-refractivity contribution < 1.29 is 4.74 Å². The molecule has 1 N–H and O–H groups in total. The summed E-state index contributed by atoms with van der Waals surface area (Å²) in [5, 5.41) is 4.95. The van der Waals surface area contributed by atoms with Gasteiger partial charge in [-0.25, -0.2) is 0 Å². The van der Waals surface area contributed by atoms with Crippen LogP contribution in [0.25, 0.3) is 0 Å². The predicted octanol–water partition coefficient (Wildman–Crippen LogP) is 3.94. The highest BCUT2D eigenvalue weighted by Crippen LogP contribution is 2.36. The molecule has 0 aliphatic carbocycles. The first kappa shape index (κ1) is 15.1. The van der Waals surface area contributed by atoms with Crippen molar-refractivity contribution in [3.63, 3.8) is 0 Å². The Morgan fingerprint density at radius 3 is 2.63 bits per heavy atom. The van der Waals surface area contributed by atoms with Crippen LogP contribution in [0.4, 0.5) is 0 Å². The van der Waals surface area contributed by atoms with Crippen molar-refractivity contribution in [3.05, 3.63) is 33.8 Å². The minimum Gasteiger partial charge on any atom is -0.381 e. The van der Waals surface area contributed by atoms with E-state index in [1.54, 1.807) is 0 Å². The predicted molar refractivity (Wildman–Crippen MR) is 81.2 cm³/mol. The molecule has 106 valence electrons. The lowest BCUT2D eigenvalue weighted by atomic mass is 9.75. The highest BCUT2D eigenvalue weighted by Gasteiger charge is 2.32. The topological polar surface area (TPSA) is 21.3 Å². The molecular weight excluding hydrogens is 281 g/mol. The molecule has 4 heteroatoms. The molecule has 2 rings (SSSR count). The zero-order valence-electron chi connectivity index (χ0n) is 11.3. The molecule has 0 amide bonds. The summed E-state index contributed by atoms with van der Waals surface area (Å²) in [6.07, 6.45) is 3.15. The molecule has 1 aliphatic rings. The van der Waals surface area contributed by atoms with Crippen molar-refractivity contribution >= 4 is 23.2 Å². The lowest BCUT2D eigenvalue weighted by molar-refractivity contribution is 0.0152. The molecule has 0 saturated carbocycles. The van der Waals surface area contributed by atoms with E-state index < -0.39 is 0 Å². The van der Waals surface area contributed by atoms with E-state index >= 15 is 0 Å². The highest BCUT2D eigenvalue weighted by atomic mass is 35.5. The molecular formula is C15H21Cl2NO. The number of rotatable bonds is 5. The molecule has 0 aromatic heterocycles. The molecule has 1 aromatic carbocycles. The first-order valence-electron chi connectivity index (χ1n) is 6.88. The van der Waals surface area contributed by atoms with Crippen LogP contribution in [-0.4, -0.2) is 26.3 Å². The van der Waals surface area contributed by atoms with Gasteiger partial charge < -0.3 is 10.1 Å². The third-order valence-corrected chi connectivity index (χ3v) is 4.47. The van der Waals surface area contributed by atoms with Gasteiger partial charge in [-0.1, -0.05) is 36.2 Å². The molecule has 0 radical (unpaired) electrons. The fourth-order valence-electron chi connectivity index (χ4n) is 2.68. The van der Waals surface area contributed by atoms with Crippen LogP contribution in [-0.2, 0) is 11.2 Å². The van der Waals surface area contributed by atoms with Crippen LogP contribution in [0.15, 0.2) is 18.2 Å². The van der Waals surface area contributed by atoms with E-state index in [1.165, 1.54) is 5.56 Å². The molecule has 0 bridgehead atoms. The van der Waals surface area contributed by atoms with Crippen LogP contribution >= 0.6 is 23.2 Å². The van der Waals surface area contributed by atoms with Crippen molar-refractivity contribution in [2.24, 2.45) is 5.41 Å². The Morgan fingerprint density at radius 1 is 1.26 bits per heavy atom. The monoisotopic (exact) mass is 301 g/mol. The zero-order valence-corrected chi connectivity index (χ0v) is 12.9. The van der Waals surface area contributed by atoms with Gasteiger partial charge in [-0.3, -0.25) is 0 Å². The lowest BCUT2D eigenvalue weighted by Crippen LogP contribution is -2.40. The van der Waals surface area contributed by atoms with E-state index in [2.05, 4.69) is 12.2 Å². The summed E-state index contributed by atoms with van der Waals surface area (Å²) in [6.45, 7) is 5.85. The van der Waals surface area contributed by atoms with Gasteiger partial charge in [0.25, 0.3) is 0 Å². The summed E-state index contributed by atoms with van der Waals surface area (Å²) in [4.78, 5) is 0. The summed E-state index contributed by atoms with van der Waals surface area (Å²) in [6, 6.07) is 5.80. The number of benzene rings is 1. The highest BCUT2D eigenvalue weighted by molar-refractivity contribution is 6.35. The zero-order chi connectivity index (χ0) is 13.7. The van der Waals surface area contributed by atoms with Crippen LogP contribution in [0, 0.1) is 5.41 Å². The molecule has 1 aromatic rings. The van der Waals surface area contributed by atoms with Gasteiger partial charge in [-0.2, -0.15) is 0 Å². The van der Waals surface area contributed by atoms with Crippen molar-refractivity contribution in [3.8, 4) is 0 Å². The van der Waals surface area contributed by atoms with Crippen LogP contribution in [0.3, 0.4) is 0 Å². The summed E-state index contributed by atoms with van der Waals surface area (Å²) < 4.78 is 5.51. The molecule has 1 heterocycles. The SMILES string of the molecule is CCNCC1(Cc2ccc(Cl)cc2Cl)CCOCC1. The maximum Gasteiger partial charge on any atom is 0.0471 e. The van der Waals surface area contributed by atoms with Gasteiger partial charge >= 0.3 is 0 Å². The first-order valence-corrected chi connectivity index (χ1v) is 7.63. The fraction of sp³-hybridized carbons (Fsp3) is 0.600. The van der Waals surface area contributed by atoms with Gasteiger partial charge in [-0.05, 0) is 48.9 Å². The van der Waals surface area contributed by atoms with E-state index in [0.717, 1.165) is 50.6 Å². The Balaban J connectivity index is 2.14. The Bertz CT molecular complexity index is 417. The van der Waals surface area contributed by atoms with Crippen molar-refractivity contribution in [2.45, 2.75) is 26.2 Å². The largest absolute Gasteiger partial charge is 0.381 e. The van der Waals surface area contributed by atoms with E-state index in [9.17, 15) is 0 Å². The number of hydrogen-bond acceptors (Lipinski definition) is 2. The quantitative estimate of drug-likeness (QED) is 0.889. The van der Waals surface area contributed by atoms with Crippen molar-refractivity contribution in [1.82, 2.24) is 5.32 Å². The number of ether oxygens (including phenoxy) is 1. The maximum absolute atomic E-state index is 6.31. The van der Waals surface area contributed by atoms with Gasteiger partial charge in [-0.15, -0.1) is 0 Å². The van der Waals surface area contributed by atoms with Crippen LogP contribution < -0.4 is 5.32 Å². The molecule has 0 unspecified atom stereocenters. The second kappa shape index (κ2) is 6.94. The third kappa shape index (κ3) is 4.09. The minimum atomic E-state index is 0.256. The van der Waals surface area contributed by atoms with E-state index in [0.29, 0.717) is 5.02 Å². The second-order valence-electron chi connectivity index (χ2n) is 5.31. The normalized spacial score (nSPS) is 18.5. The summed E-state index contributed by atoms with van der Waals surface area (Å²) in [5.41, 5.74) is 1.44. The smallest absolute Gasteiger partial charge is 0.0471 e. The fourth-order valence-corrected chi connectivity index (χ4v) is 3.15. The van der Waals surface area contributed by atoms with Gasteiger partial charge in [0, 0.05) is 29.8 Å². The summed E-state index contributed by atoms with van der Waals surface area (Å²) in [7, 11) is 0. The van der Waals surface area contributed by atoms with Gasteiger partial charge in [0.1, 0.15) is 0 Å². The lowest BCUT2D eigenvalue weighted by Gasteiger charge is -2.38. The second-order valence-corrected chi connectivity index (χ2v) is 6.15. The standard InChI is InChI=1S/C15H21Cl2NO/c1-2-18-11-15(5-7-19-8-6-15)10-12-3-4-13(16)9-14(12)17/h3-4,9,18H,2,5-8,10-11H2,1H3. The molecule has 2 nitrogen and oxygen atoms in total. The molecule has 1 fully saturated rings. The Kier molecular flexibility index (Phi) is 5.52. The Labute approximate surface area is 125 Å². The van der Waals surface area contributed by atoms with Gasteiger partial charge in [0.2, 0.25) is 0 Å². The molecule has 1 saturated heterocycles. The minimum absolute atomic E-state index is 0.256. The average molecular weight is 302 g/mol. The number of halogens is 2. The maximum atomic E-state index is 6.31. The van der Waals surface area contributed by atoms with E-state index in [1.807, 2.05) is 18.2 Å². The van der Waals surface area contributed by atoms with E-state index in [-0.39, 0.29) is 5.41 Å². The third-order valence-electron chi connectivity index (χ3n) is 3.88. The molecule has 0 spiro atoms. The van der Waals surface area contributed by atoms with Crippen LogP contribution in [0.5, 0.6) is 0 Å². The Hall–Kier alpha value is -0.280. The Morgan fingerprint density at radius 2 is 2.00 bits per heavy atom. The van der Waals surface area contributed by atoms with Crippen LogP contribution in [0.2, 0.25) is 10.0 Å². The molecule has 1 aliphatic heterocycles. The van der Waals surface area contributed by atoms with Crippen LogP contribution in [0.1, 0.15) is 25.3 Å². The summed E-state index contributed by atoms with van der Waals surface area (Å²) in [5.74, 6) is 0.